The molecule has 3 N–H and O–H groups in total. The lowest BCUT2D eigenvalue weighted by Gasteiger charge is -2.22. The molecule has 27 heavy (non-hydrogen) atoms. The Morgan fingerprint density at radius 1 is 1.15 bits per heavy atom. The lowest BCUT2D eigenvalue weighted by atomic mass is 10.1. The minimum atomic E-state index is -0.315. The molecule has 0 radical (unpaired) electrons. The molecule has 1 fully saturated rings. The Bertz CT molecular complexity index is 768. The molecule has 3 rings (SSSR count). The topological polar surface area (TPSA) is 101 Å². The first-order valence-electron chi connectivity index (χ1n) is 8.88. The summed E-state index contributed by atoms with van der Waals surface area (Å²) in [6.45, 7) is 5.71. The molecule has 1 saturated heterocycles. The van der Waals surface area contributed by atoms with Crippen LogP contribution in [-0.2, 0) is 0 Å². The van der Waals surface area contributed by atoms with E-state index in [0.717, 1.165) is 25.9 Å². The van der Waals surface area contributed by atoms with Crippen LogP contribution in [0.3, 0.4) is 0 Å². The van der Waals surface area contributed by atoms with E-state index in [2.05, 4.69) is 26.3 Å². The molecule has 0 saturated carbocycles. The molecule has 0 aliphatic carbocycles. The van der Waals surface area contributed by atoms with Gasteiger partial charge in [-0.1, -0.05) is 5.21 Å². The van der Waals surface area contributed by atoms with Crippen LogP contribution in [0.4, 0.5) is 5.69 Å². The smallest absolute Gasteiger partial charge is 0.277 e. The van der Waals surface area contributed by atoms with E-state index in [1.54, 1.807) is 35.1 Å². The van der Waals surface area contributed by atoms with E-state index in [-0.39, 0.29) is 42.0 Å². The van der Waals surface area contributed by atoms with Gasteiger partial charge in [-0.3, -0.25) is 9.59 Å². The van der Waals surface area contributed by atoms with Crippen molar-refractivity contribution in [1.82, 2.24) is 25.6 Å². The highest BCUT2D eigenvalue weighted by molar-refractivity contribution is 6.03. The van der Waals surface area contributed by atoms with Crippen molar-refractivity contribution in [2.75, 3.05) is 18.4 Å². The molecular formula is C18H25ClN6O2. The van der Waals surface area contributed by atoms with E-state index < -0.39 is 0 Å². The van der Waals surface area contributed by atoms with Crippen LogP contribution in [0.5, 0.6) is 0 Å². The molecule has 0 unspecified atom stereocenters. The van der Waals surface area contributed by atoms with E-state index in [0.29, 0.717) is 11.3 Å². The Hall–Kier alpha value is -2.45. The van der Waals surface area contributed by atoms with Crippen LogP contribution in [-0.4, -0.2) is 45.9 Å². The summed E-state index contributed by atoms with van der Waals surface area (Å²) in [6, 6.07) is 7.11. The molecule has 9 heteroatoms. The van der Waals surface area contributed by atoms with Gasteiger partial charge in [-0.05, 0) is 64.0 Å². The Balaban J connectivity index is 0.00000261. The summed E-state index contributed by atoms with van der Waals surface area (Å²) in [5, 5.41) is 17.0. The first-order valence-corrected chi connectivity index (χ1v) is 8.88. The van der Waals surface area contributed by atoms with Gasteiger partial charge in [-0.15, -0.1) is 17.5 Å². The molecule has 1 aliphatic heterocycles. The number of hydrogen-bond donors (Lipinski definition) is 3. The molecule has 2 amide bonds. The number of rotatable bonds is 5. The fourth-order valence-corrected chi connectivity index (χ4v) is 2.88. The quantitative estimate of drug-likeness (QED) is 0.722. The molecule has 1 aromatic carbocycles. The summed E-state index contributed by atoms with van der Waals surface area (Å²) in [5.41, 5.74) is 1.44. The van der Waals surface area contributed by atoms with Gasteiger partial charge >= 0.3 is 0 Å². The number of anilines is 1. The van der Waals surface area contributed by atoms with Gasteiger partial charge < -0.3 is 16.0 Å². The average molecular weight is 393 g/mol. The Morgan fingerprint density at radius 3 is 2.44 bits per heavy atom. The lowest BCUT2D eigenvalue weighted by Crippen LogP contribution is -2.30. The maximum atomic E-state index is 12.4. The Kier molecular flexibility index (Phi) is 7.32. The zero-order valence-corrected chi connectivity index (χ0v) is 16.3. The normalized spacial score (nSPS) is 14.5. The molecule has 1 aromatic heterocycles. The summed E-state index contributed by atoms with van der Waals surface area (Å²) in [4.78, 5) is 24.3. The number of benzene rings is 1. The van der Waals surface area contributed by atoms with Crippen LogP contribution in [0.15, 0.2) is 30.5 Å². The number of halogens is 1. The predicted octanol–water partition coefficient (Wildman–Crippen LogP) is 2.01. The Morgan fingerprint density at radius 2 is 1.81 bits per heavy atom. The van der Waals surface area contributed by atoms with Crippen molar-refractivity contribution < 1.29 is 9.59 Å². The molecule has 2 heterocycles. The second-order valence-corrected chi connectivity index (χ2v) is 6.72. The zero-order chi connectivity index (χ0) is 18.5. The minimum Gasteiger partial charge on any atom is -0.350 e. The molecule has 0 spiro atoms. The summed E-state index contributed by atoms with van der Waals surface area (Å²) < 4.78 is 1.77. The summed E-state index contributed by atoms with van der Waals surface area (Å²) in [5.74, 6) is -0.452. The minimum absolute atomic E-state index is 0. The van der Waals surface area contributed by atoms with Gasteiger partial charge in [0.15, 0.2) is 5.69 Å². The van der Waals surface area contributed by atoms with Crippen molar-refractivity contribution in [3.05, 3.63) is 41.7 Å². The van der Waals surface area contributed by atoms with Crippen molar-refractivity contribution in [3.63, 3.8) is 0 Å². The predicted molar refractivity (Wildman–Crippen MR) is 105 cm³/mol. The van der Waals surface area contributed by atoms with E-state index in [1.165, 1.54) is 0 Å². The molecule has 0 atom stereocenters. The van der Waals surface area contributed by atoms with Crippen LogP contribution in [0.25, 0.3) is 0 Å². The summed E-state index contributed by atoms with van der Waals surface area (Å²) in [6.07, 6.45) is 3.64. The van der Waals surface area contributed by atoms with E-state index >= 15 is 0 Å². The van der Waals surface area contributed by atoms with Crippen LogP contribution in [0.2, 0.25) is 0 Å². The molecule has 2 aromatic rings. The molecule has 0 bridgehead atoms. The standard InChI is InChI=1S/C18H24N6O2.ClH/c1-12(2)20-17(25)13-3-5-14(6-4-13)21-18(26)16-11-24(23-22-16)15-7-9-19-10-8-15;/h3-6,11-12,15,19H,7-10H2,1-2H3,(H,20,25)(H,21,26);1H. The number of piperidine rings is 1. The molecule has 146 valence electrons. The van der Waals surface area contributed by atoms with E-state index in [4.69, 9.17) is 0 Å². The first kappa shape index (κ1) is 20.9. The van der Waals surface area contributed by atoms with Gasteiger partial charge in [0.05, 0.1) is 12.2 Å². The highest BCUT2D eigenvalue weighted by atomic mass is 35.5. The number of hydrogen-bond acceptors (Lipinski definition) is 5. The third-order valence-corrected chi connectivity index (χ3v) is 4.25. The van der Waals surface area contributed by atoms with Crippen LogP contribution in [0, 0.1) is 0 Å². The third-order valence-electron chi connectivity index (χ3n) is 4.25. The number of amides is 2. The molecule has 8 nitrogen and oxygen atoms in total. The second kappa shape index (κ2) is 9.48. The fourth-order valence-electron chi connectivity index (χ4n) is 2.88. The van der Waals surface area contributed by atoms with Gasteiger partial charge in [0, 0.05) is 17.3 Å². The van der Waals surface area contributed by atoms with Crippen LogP contribution >= 0.6 is 12.4 Å². The van der Waals surface area contributed by atoms with Crippen molar-refractivity contribution in [1.29, 1.82) is 0 Å². The monoisotopic (exact) mass is 392 g/mol. The maximum Gasteiger partial charge on any atom is 0.277 e. The second-order valence-electron chi connectivity index (χ2n) is 6.72. The lowest BCUT2D eigenvalue weighted by molar-refractivity contribution is 0.0942. The number of nitrogens with one attached hydrogen (secondary N) is 3. The number of nitrogens with zero attached hydrogens (tertiary/aromatic N) is 3. The van der Waals surface area contributed by atoms with Gasteiger partial charge in [-0.25, -0.2) is 4.68 Å². The molecule has 1 aliphatic rings. The number of aromatic nitrogens is 3. The average Bonchev–Trinajstić information content (AvgIpc) is 3.13. The number of carbonyl (C=O) groups is 2. The van der Waals surface area contributed by atoms with Crippen molar-refractivity contribution in [3.8, 4) is 0 Å². The highest BCUT2D eigenvalue weighted by Gasteiger charge is 2.19. The van der Waals surface area contributed by atoms with E-state index in [1.807, 2.05) is 13.8 Å². The van der Waals surface area contributed by atoms with Crippen molar-refractivity contribution in [2.24, 2.45) is 0 Å². The van der Waals surface area contributed by atoms with Gasteiger partial charge in [0.2, 0.25) is 0 Å². The van der Waals surface area contributed by atoms with Gasteiger partial charge in [-0.2, -0.15) is 0 Å². The number of carbonyl (C=O) groups excluding carboxylic acids is 2. The first-order chi connectivity index (χ1) is 12.5. The van der Waals surface area contributed by atoms with Gasteiger partial charge in [0.1, 0.15) is 0 Å². The van der Waals surface area contributed by atoms with Crippen molar-refractivity contribution >= 4 is 29.9 Å². The van der Waals surface area contributed by atoms with Gasteiger partial charge in [0.25, 0.3) is 11.8 Å². The fraction of sp³-hybridized carbons (Fsp3) is 0.444. The largest absolute Gasteiger partial charge is 0.350 e. The third kappa shape index (κ3) is 5.51. The zero-order valence-electron chi connectivity index (χ0n) is 15.4. The van der Waals surface area contributed by atoms with Crippen LogP contribution in [0.1, 0.15) is 53.6 Å². The molecular weight excluding hydrogens is 368 g/mol. The summed E-state index contributed by atoms with van der Waals surface area (Å²) >= 11 is 0. The SMILES string of the molecule is CC(C)NC(=O)c1ccc(NC(=O)c2cn(C3CCNCC3)nn2)cc1.Cl. The van der Waals surface area contributed by atoms with Crippen LogP contribution < -0.4 is 16.0 Å². The summed E-state index contributed by atoms with van der Waals surface area (Å²) in [7, 11) is 0. The van der Waals surface area contributed by atoms with Crippen molar-refractivity contribution in [2.45, 2.75) is 38.8 Å². The van der Waals surface area contributed by atoms with E-state index in [9.17, 15) is 9.59 Å². The maximum absolute atomic E-state index is 12.4. The highest BCUT2D eigenvalue weighted by Crippen LogP contribution is 2.17. The Labute approximate surface area is 164 Å².